The smallest absolute Gasteiger partial charge is 0.408 e. The van der Waals surface area contributed by atoms with Crippen LogP contribution in [0.25, 0.3) is 22.0 Å². The number of allylic oxidation sites excluding steroid dienone is 1. The lowest BCUT2D eigenvalue weighted by Gasteiger charge is -2.40. The summed E-state index contributed by atoms with van der Waals surface area (Å²) in [6, 6.07) is 8.38. The van der Waals surface area contributed by atoms with Crippen LogP contribution < -0.4 is 24.2 Å². The second kappa shape index (κ2) is 17.4. The van der Waals surface area contributed by atoms with Crippen LogP contribution in [-0.2, 0) is 24.4 Å². The lowest BCUT2D eigenvalue weighted by Crippen LogP contribution is -2.61. The van der Waals surface area contributed by atoms with E-state index in [1.165, 1.54) is 9.80 Å². The van der Waals surface area contributed by atoms with Crippen LogP contribution in [-0.4, -0.2) is 112 Å². The molecular weight excluding hydrogens is 853 g/mol. The number of carbonyl (C=O) groups is 4. The summed E-state index contributed by atoms with van der Waals surface area (Å²) >= 11 is 0. The zero-order valence-corrected chi connectivity index (χ0v) is 38.5. The molecule has 348 valence electrons. The van der Waals surface area contributed by atoms with Gasteiger partial charge in [0.1, 0.15) is 29.5 Å². The van der Waals surface area contributed by atoms with Crippen LogP contribution in [0.3, 0.4) is 0 Å². The van der Waals surface area contributed by atoms with Crippen LogP contribution in [0.2, 0.25) is 0 Å². The number of methoxy groups -OCH3 is 1. The van der Waals surface area contributed by atoms with Crippen molar-refractivity contribution in [3.8, 4) is 28.8 Å². The second-order valence-electron chi connectivity index (χ2n) is 19.7. The molecule has 1 aromatic carbocycles. The van der Waals surface area contributed by atoms with E-state index in [0.717, 1.165) is 18.2 Å². The van der Waals surface area contributed by atoms with E-state index in [0.29, 0.717) is 78.6 Å². The fraction of sp³-hybridized carbons (Fsp3) is 0.583. The molecule has 0 bridgehead atoms. The van der Waals surface area contributed by atoms with Crippen LogP contribution in [0.15, 0.2) is 54.7 Å². The predicted octanol–water partition coefficient (Wildman–Crippen LogP) is 6.08. The lowest BCUT2D eigenvalue weighted by molar-refractivity contribution is -0.145. The number of amides is 4. The third kappa shape index (κ3) is 9.21. The first-order valence-electron chi connectivity index (χ1n) is 23.2. The number of ether oxygens (including phenoxy) is 3. The number of hydrogen-bond acceptors (Lipinski definition) is 11. The first-order valence-corrected chi connectivity index (χ1v) is 24.7. The van der Waals surface area contributed by atoms with Gasteiger partial charge in [-0.2, -0.15) is 0 Å². The van der Waals surface area contributed by atoms with E-state index in [1.54, 1.807) is 25.4 Å². The summed E-state index contributed by atoms with van der Waals surface area (Å²) in [6.45, 7) is 7.78. The SMILES string of the molecule is COc1ccc2c(O[C@@H]3C[C@H]4C(=O)N[C@]5(C(=O)NS(=O)(=O)C6CC6)C[C@H]5/C=C\CC[C@@H](C)C[C@@H](C)[C@H](N(C(=O)O)C5CC6C[C@H]6C5)C(=O)N4C3)nc(-c3ccc(OC(C)C)nc3)cc2c1. The number of sulfonamides is 1. The fourth-order valence-electron chi connectivity index (χ4n) is 10.7. The van der Waals surface area contributed by atoms with Crippen LogP contribution >= 0.6 is 0 Å². The Balaban J connectivity index is 1.09. The van der Waals surface area contributed by atoms with Gasteiger partial charge in [0.15, 0.2) is 0 Å². The number of rotatable bonds is 11. The molecular formula is C48H60N6O10S. The van der Waals surface area contributed by atoms with E-state index in [2.05, 4.69) is 21.9 Å². The van der Waals surface area contributed by atoms with E-state index >= 15 is 4.79 Å². The Kier molecular flexibility index (Phi) is 12.0. The minimum atomic E-state index is -3.95. The molecule has 10 atom stereocenters. The number of nitrogens with one attached hydrogen (secondary N) is 2. The minimum absolute atomic E-state index is 0.0132. The largest absolute Gasteiger partial charge is 0.497 e. The van der Waals surface area contributed by atoms with Crippen molar-refractivity contribution in [1.29, 1.82) is 0 Å². The molecule has 5 fully saturated rings. The normalized spacial score (nSPS) is 31.7. The van der Waals surface area contributed by atoms with Crippen molar-refractivity contribution in [3.05, 3.63) is 54.7 Å². The van der Waals surface area contributed by atoms with Gasteiger partial charge in [0.05, 0.1) is 30.7 Å². The molecule has 4 amide bonds. The van der Waals surface area contributed by atoms with Crippen LogP contribution in [0.1, 0.15) is 91.9 Å². The molecule has 3 N–H and O–H groups in total. The highest BCUT2D eigenvalue weighted by molar-refractivity contribution is 7.91. The quantitative estimate of drug-likeness (QED) is 0.187. The van der Waals surface area contributed by atoms with Gasteiger partial charge in [-0.1, -0.05) is 26.0 Å². The Morgan fingerprint density at radius 2 is 1.78 bits per heavy atom. The highest BCUT2D eigenvalue weighted by atomic mass is 32.2. The summed E-state index contributed by atoms with van der Waals surface area (Å²) in [5.74, 6) is -0.505. The van der Waals surface area contributed by atoms with E-state index in [9.17, 15) is 27.9 Å². The molecule has 3 aromatic rings. The molecule has 65 heavy (non-hydrogen) atoms. The average Bonchev–Trinajstić information content (AvgIpc) is 4.23. The number of aromatic nitrogens is 2. The van der Waals surface area contributed by atoms with E-state index in [1.807, 2.05) is 57.2 Å². The monoisotopic (exact) mass is 912 g/mol. The van der Waals surface area contributed by atoms with Crippen molar-refractivity contribution >= 4 is 44.6 Å². The Morgan fingerprint density at radius 3 is 2.46 bits per heavy atom. The van der Waals surface area contributed by atoms with Crippen molar-refractivity contribution in [2.45, 2.75) is 133 Å². The summed E-state index contributed by atoms with van der Waals surface area (Å²) in [4.78, 5) is 70.1. The van der Waals surface area contributed by atoms with Crippen molar-refractivity contribution in [1.82, 2.24) is 29.8 Å². The Morgan fingerprint density at radius 1 is 1.02 bits per heavy atom. The van der Waals surface area contributed by atoms with Crippen LogP contribution in [0, 0.1) is 29.6 Å². The summed E-state index contributed by atoms with van der Waals surface area (Å²) < 4.78 is 46.5. The Labute approximate surface area is 379 Å². The molecule has 16 nitrogen and oxygen atoms in total. The molecule has 4 aliphatic carbocycles. The van der Waals surface area contributed by atoms with Gasteiger partial charge in [0.25, 0.3) is 5.91 Å². The molecule has 9 rings (SSSR count). The first-order chi connectivity index (χ1) is 31.0. The Hall–Kier alpha value is -5.45. The molecule has 4 heterocycles. The van der Waals surface area contributed by atoms with Gasteiger partial charge < -0.3 is 29.5 Å². The predicted molar refractivity (Wildman–Crippen MR) is 240 cm³/mol. The number of nitrogens with zero attached hydrogens (tertiary/aromatic N) is 4. The number of hydrogen-bond donors (Lipinski definition) is 3. The highest BCUT2D eigenvalue weighted by Crippen LogP contribution is 2.54. The summed E-state index contributed by atoms with van der Waals surface area (Å²) in [5, 5.41) is 14.6. The lowest BCUT2D eigenvalue weighted by atomic mass is 9.86. The van der Waals surface area contributed by atoms with Gasteiger partial charge >= 0.3 is 6.09 Å². The highest BCUT2D eigenvalue weighted by Gasteiger charge is 2.62. The van der Waals surface area contributed by atoms with Crippen molar-refractivity contribution in [3.63, 3.8) is 0 Å². The van der Waals surface area contributed by atoms with E-state index in [4.69, 9.17) is 19.2 Å². The zero-order valence-electron chi connectivity index (χ0n) is 37.6. The first kappa shape index (κ1) is 44.7. The van der Waals surface area contributed by atoms with Gasteiger partial charge in [0, 0.05) is 41.6 Å². The third-order valence-corrected chi connectivity index (χ3v) is 16.2. The topological polar surface area (TPSA) is 207 Å². The fourth-order valence-corrected chi connectivity index (χ4v) is 12.0. The standard InChI is InChI=1S/C48H60N6O10S/c1-26(2)63-41-15-10-29(24-49-41)39-21-32-20-35(62-5)11-14-38(32)44(50-39)64-36-22-40-43(55)51-48(46(57)52-65(60,61)37-12-13-37)23-33(48)9-7-6-8-27(3)16-28(4)42(45(56)53(40)25-36)54(47(58)59)34-18-30-17-31(30)19-34/h7,9-11,14-15,20-21,24,26-28,30-31,33-34,36-37,40,42H,6,8,12-13,16-19,22-23,25H2,1-5H3,(H,51,55)(H,52,57)(H,58,59)/b9-7-/t27-,28-,30+,31?,33-,34?,36-,40+,42+,48-/m1/s1. The summed E-state index contributed by atoms with van der Waals surface area (Å²) in [5.41, 5.74) is -0.328. The van der Waals surface area contributed by atoms with E-state index in [-0.39, 0.29) is 43.3 Å². The van der Waals surface area contributed by atoms with Gasteiger partial charge in [-0.25, -0.2) is 23.2 Å². The average molecular weight is 913 g/mol. The molecule has 6 aliphatic rings. The number of fused-ring (bicyclic) bond motifs is 4. The van der Waals surface area contributed by atoms with Crippen LogP contribution in [0.4, 0.5) is 4.79 Å². The zero-order chi connectivity index (χ0) is 45.9. The molecule has 0 spiro atoms. The van der Waals surface area contributed by atoms with Crippen molar-refractivity contribution < 1.29 is 46.9 Å². The minimum Gasteiger partial charge on any atom is -0.497 e. The molecule has 2 unspecified atom stereocenters. The molecule has 1 saturated heterocycles. The molecule has 2 aromatic heterocycles. The van der Waals surface area contributed by atoms with Gasteiger partial charge in [-0.3, -0.25) is 24.0 Å². The second-order valence-corrected chi connectivity index (χ2v) is 21.7. The van der Waals surface area contributed by atoms with Gasteiger partial charge in [-0.05, 0) is 131 Å². The maximum atomic E-state index is 15.5. The van der Waals surface area contributed by atoms with E-state index < -0.39 is 74.7 Å². The summed E-state index contributed by atoms with van der Waals surface area (Å²) in [7, 11) is -2.37. The van der Waals surface area contributed by atoms with Crippen LogP contribution in [0.5, 0.6) is 17.5 Å². The number of pyridine rings is 2. The maximum absolute atomic E-state index is 15.5. The van der Waals surface area contributed by atoms with Gasteiger partial charge in [0.2, 0.25) is 33.6 Å². The Bertz CT molecular complexity index is 2490. The van der Waals surface area contributed by atoms with Crippen molar-refractivity contribution in [2.24, 2.45) is 29.6 Å². The number of carboxylic acid groups (broad SMARTS) is 1. The molecule has 4 saturated carbocycles. The third-order valence-electron chi connectivity index (χ3n) is 14.4. The number of benzene rings is 1. The molecule has 0 radical (unpaired) electrons. The molecule has 17 heteroatoms. The van der Waals surface area contributed by atoms with Gasteiger partial charge in [-0.15, -0.1) is 0 Å². The van der Waals surface area contributed by atoms with Crippen molar-refractivity contribution in [2.75, 3.05) is 13.7 Å². The summed E-state index contributed by atoms with van der Waals surface area (Å²) in [6.07, 6.45) is 8.97. The number of carbonyl (C=O) groups excluding carboxylic acids is 3. The molecule has 2 aliphatic heterocycles. The maximum Gasteiger partial charge on any atom is 0.408 e.